The molecule has 1 aliphatic heterocycles. The van der Waals surface area contributed by atoms with Crippen molar-refractivity contribution >= 4 is 24.1 Å². The summed E-state index contributed by atoms with van der Waals surface area (Å²) in [5, 5.41) is 13.9. The third-order valence-corrected chi connectivity index (χ3v) is 3.64. The monoisotopic (exact) mass is 329 g/mol. The van der Waals surface area contributed by atoms with Crippen LogP contribution in [0.25, 0.3) is 0 Å². The lowest BCUT2D eigenvalue weighted by Crippen LogP contribution is -2.52. The number of halogens is 1. The van der Waals surface area contributed by atoms with Crippen LogP contribution in [0, 0.1) is 10.1 Å². The maximum atomic E-state index is 12.0. The smallest absolute Gasteiger partial charge is 0.323 e. The van der Waals surface area contributed by atoms with Crippen LogP contribution >= 0.6 is 12.4 Å². The van der Waals surface area contributed by atoms with E-state index < -0.39 is 4.92 Å². The van der Waals surface area contributed by atoms with Crippen LogP contribution in [0.2, 0.25) is 0 Å². The van der Waals surface area contributed by atoms with Crippen molar-refractivity contribution < 1.29 is 14.5 Å². The molecule has 8 heteroatoms. The molecule has 1 saturated heterocycles. The molecule has 122 valence electrons. The van der Waals surface area contributed by atoms with Crippen molar-refractivity contribution in [3.63, 3.8) is 0 Å². The molecule has 1 aromatic rings. The van der Waals surface area contributed by atoms with Gasteiger partial charge in [0.2, 0.25) is 0 Å². The van der Waals surface area contributed by atoms with E-state index in [0.717, 1.165) is 31.7 Å². The number of nitrogens with zero attached hydrogens (tertiary/aromatic N) is 2. The van der Waals surface area contributed by atoms with Gasteiger partial charge in [0.25, 0.3) is 5.69 Å². The fourth-order valence-electron chi connectivity index (χ4n) is 2.47. The second-order valence-electron chi connectivity index (χ2n) is 4.95. The van der Waals surface area contributed by atoms with Crippen molar-refractivity contribution in [1.82, 2.24) is 10.2 Å². The molecule has 0 aliphatic carbocycles. The SMILES string of the molecule is COC(=O)[C@H](Cc1ccc([N+](=O)[O-])cc1)N1CCNCC1.Cl. The number of nitrogens with one attached hydrogen (secondary N) is 1. The number of methoxy groups -OCH3 is 1. The number of carbonyl (C=O) groups is 1. The molecular formula is C14H20ClN3O4. The van der Waals surface area contributed by atoms with Crippen molar-refractivity contribution in [3.8, 4) is 0 Å². The van der Waals surface area contributed by atoms with Crippen LogP contribution in [-0.2, 0) is 16.0 Å². The van der Waals surface area contributed by atoms with Crippen molar-refractivity contribution in [1.29, 1.82) is 0 Å². The normalized spacial score (nSPS) is 16.4. The molecule has 7 nitrogen and oxygen atoms in total. The van der Waals surface area contributed by atoms with Crippen LogP contribution in [0.5, 0.6) is 0 Å². The number of hydrogen-bond donors (Lipinski definition) is 1. The third-order valence-electron chi connectivity index (χ3n) is 3.64. The Hall–Kier alpha value is -1.70. The summed E-state index contributed by atoms with van der Waals surface area (Å²) in [6.07, 6.45) is 0.491. The molecule has 1 aromatic carbocycles. The number of hydrogen-bond acceptors (Lipinski definition) is 6. The molecular weight excluding hydrogens is 310 g/mol. The minimum absolute atomic E-state index is 0. The summed E-state index contributed by atoms with van der Waals surface area (Å²) in [7, 11) is 1.38. The number of carbonyl (C=O) groups excluding carboxylic acids is 1. The Morgan fingerprint density at radius 3 is 2.45 bits per heavy atom. The third kappa shape index (κ3) is 4.66. The Kier molecular flexibility index (Phi) is 7.23. The van der Waals surface area contributed by atoms with Gasteiger partial charge in [-0.2, -0.15) is 0 Å². The van der Waals surface area contributed by atoms with E-state index in [9.17, 15) is 14.9 Å². The van der Waals surface area contributed by atoms with Crippen LogP contribution in [0.3, 0.4) is 0 Å². The van der Waals surface area contributed by atoms with Crippen molar-refractivity contribution in [2.24, 2.45) is 0 Å². The molecule has 2 rings (SSSR count). The van der Waals surface area contributed by atoms with Gasteiger partial charge >= 0.3 is 5.97 Å². The van der Waals surface area contributed by atoms with Gasteiger partial charge in [-0.1, -0.05) is 12.1 Å². The molecule has 1 N–H and O–H groups in total. The van der Waals surface area contributed by atoms with E-state index in [-0.39, 0.29) is 30.1 Å². The molecule has 0 bridgehead atoms. The van der Waals surface area contributed by atoms with E-state index >= 15 is 0 Å². The topological polar surface area (TPSA) is 84.7 Å². The highest BCUT2D eigenvalue weighted by molar-refractivity contribution is 5.85. The fourth-order valence-corrected chi connectivity index (χ4v) is 2.47. The molecule has 0 amide bonds. The van der Waals surface area contributed by atoms with Gasteiger partial charge in [-0.05, 0) is 12.0 Å². The van der Waals surface area contributed by atoms with Crippen molar-refractivity contribution in [2.45, 2.75) is 12.5 Å². The first-order valence-electron chi connectivity index (χ1n) is 6.87. The Bertz CT molecular complexity index is 503. The Labute approximate surface area is 135 Å². The Morgan fingerprint density at radius 2 is 1.95 bits per heavy atom. The van der Waals surface area contributed by atoms with E-state index in [1.807, 2.05) is 0 Å². The van der Waals surface area contributed by atoms with Crippen LogP contribution in [-0.4, -0.2) is 55.1 Å². The first-order chi connectivity index (χ1) is 10.1. The van der Waals surface area contributed by atoms with Gasteiger partial charge in [0.05, 0.1) is 12.0 Å². The van der Waals surface area contributed by atoms with Gasteiger partial charge in [-0.25, -0.2) is 0 Å². The van der Waals surface area contributed by atoms with Crippen LogP contribution in [0.1, 0.15) is 5.56 Å². The predicted octanol–water partition coefficient (Wildman–Crippen LogP) is 1.01. The number of benzene rings is 1. The highest BCUT2D eigenvalue weighted by Crippen LogP contribution is 2.16. The van der Waals surface area contributed by atoms with Crippen LogP contribution in [0.4, 0.5) is 5.69 Å². The predicted molar refractivity (Wildman–Crippen MR) is 84.3 cm³/mol. The quantitative estimate of drug-likeness (QED) is 0.493. The number of esters is 1. The van der Waals surface area contributed by atoms with E-state index in [1.165, 1.54) is 19.2 Å². The molecule has 1 atom stereocenters. The Balaban J connectivity index is 0.00000242. The molecule has 0 radical (unpaired) electrons. The largest absolute Gasteiger partial charge is 0.468 e. The van der Waals surface area contributed by atoms with Gasteiger partial charge in [0.1, 0.15) is 6.04 Å². The first kappa shape index (κ1) is 18.3. The lowest BCUT2D eigenvalue weighted by molar-refractivity contribution is -0.384. The summed E-state index contributed by atoms with van der Waals surface area (Å²) in [5.74, 6) is -0.268. The molecule has 22 heavy (non-hydrogen) atoms. The highest BCUT2D eigenvalue weighted by Gasteiger charge is 2.28. The molecule has 0 aromatic heterocycles. The van der Waals surface area contributed by atoms with Gasteiger partial charge < -0.3 is 10.1 Å². The number of nitro benzene ring substituents is 1. The lowest BCUT2D eigenvalue weighted by atomic mass is 10.0. The second kappa shape index (κ2) is 8.67. The number of piperazine rings is 1. The summed E-state index contributed by atoms with van der Waals surface area (Å²) in [6, 6.07) is 5.95. The second-order valence-corrected chi connectivity index (χ2v) is 4.95. The summed E-state index contributed by atoms with van der Waals surface area (Å²) < 4.78 is 4.89. The average molecular weight is 330 g/mol. The molecule has 0 spiro atoms. The first-order valence-corrected chi connectivity index (χ1v) is 6.87. The lowest BCUT2D eigenvalue weighted by Gasteiger charge is -2.33. The number of non-ortho nitro benzene ring substituents is 1. The summed E-state index contributed by atoms with van der Waals surface area (Å²) in [6.45, 7) is 3.25. The summed E-state index contributed by atoms with van der Waals surface area (Å²) >= 11 is 0. The number of rotatable bonds is 5. The van der Waals surface area contributed by atoms with Crippen LogP contribution < -0.4 is 5.32 Å². The van der Waals surface area contributed by atoms with Gasteiger partial charge in [-0.3, -0.25) is 19.8 Å². The maximum absolute atomic E-state index is 12.0. The van der Waals surface area contributed by atoms with Gasteiger partial charge in [-0.15, -0.1) is 12.4 Å². The van der Waals surface area contributed by atoms with Crippen molar-refractivity contribution in [2.75, 3.05) is 33.3 Å². The fraction of sp³-hybridized carbons (Fsp3) is 0.500. The zero-order chi connectivity index (χ0) is 15.2. The average Bonchev–Trinajstić information content (AvgIpc) is 2.53. The minimum atomic E-state index is -0.433. The molecule has 1 aliphatic rings. The Morgan fingerprint density at radius 1 is 1.36 bits per heavy atom. The summed E-state index contributed by atoms with van der Waals surface area (Å²) in [4.78, 5) is 24.3. The van der Waals surface area contributed by atoms with Crippen molar-refractivity contribution in [3.05, 3.63) is 39.9 Å². The van der Waals surface area contributed by atoms with E-state index in [4.69, 9.17) is 4.74 Å². The standard InChI is InChI=1S/C14H19N3O4.ClH/c1-21-14(18)13(16-8-6-15-7-9-16)10-11-2-4-12(5-3-11)17(19)20;/h2-5,13,15H,6-10H2,1H3;1H/t13-;/m0./s1. The zero-order valence-corrected chi connectivity index (χ0v) is 13.2. The highest BCUT2D eigenvalue weighted by atomic mass is 35.5. The van der Waals surface area contributed by atoms with Gasteiger partial charge in [0, 0.05) is 38.3 Å². The molecule has 1 heterocycles. The molecule has 0 saturated carbocycles. The number of nitro groups is 1. The van der Waals surface area contributed by atoms with E-state index in [0.29, 0.717) is 6.42 Å². The maximum Gasteiger partial charge on any atom is 0.323 e. The number of ether oxygens (including phenoxy) is 1. The van der Waals surface area contributed by atoms with E-state index in [1.54, 1.807) is 12.1 Å². The van der Waals surface area contributed by atoms with E-state index in [2.05, 4.69) is 10.2 Å². The molecule has 1 fully saturated rings. The van der Waals surface area contributed by atoms with Crippen LogP contribution in [0.15, 0.2) is 24.3 Å². The van der Waals surface area contributed by atoms with Gasteiger partial charge in [0.15, 0.2) is 0 Å². The molecule has 0 unspecified atom stereocenters. The zero-order valence-electron chi connectivity index (χ0n) is 12.4. The minimum Gasteiger partial charge on any atom is -0.468 e. The summed E-state index contributed by atoms with van der Waals surface area (Å²) in [5.41, 5.74) is 0.935.